The van der Waals surface area contributed by atoms with Crippen molar-refractivity contribution in [2.45, 2.75) is 123 Å². The summed E-state index contributed by atoms with van der Waals surface area (Å²) in [5, 5.41) is -1.74. The summed E-state index contributed by atoms with van der Waals surface area (Å²) >= 11 is 12.9. The van der Waals surface area contributed by atoms with Gasteiger partial charge in [0.05, 0.1) is 36.8 Å². The van der Waals surface area contributed by atoms with Crippen molar-refractivity contribution in [3.05, 3.63) is 141 Å². The summed E-state index contributed by atoms with van der Waals surface area (Å²) in [7, 11) is -7.34. The van der Waals surface area contributed by atoms with Crippen LogP contribution in [0.1, 0.15) is 120 Å². The van der Waals surface area contributed by atoms with Crippen LogP contribution >= 0.6 is 23.2 Å². The first kappa shape index (κ1) is 79.7. The minimum Gasteiger partial charge on any atom is -0.490 e. The summed E-state index contributed by atoms with van der Waals surface area (Å²) in [5.74, 6) is -0.728. The van der Waals surface area contributed by atoms with Gasteiger partial charge < -0.3 is 38.5 Å². The van der Waals surface area contributed by atoms with Gasteiger partial charge in [0.25, 0.3) is 32.2 Å². The summed E-state index contributed by atoms with van der Waals surface area (Å²) in [6.45, 7) is 3.81. The molecule has 6 heterocycles. The van der Waals surface area contributed by atoms with Crippen LogP contribution in [0.4, 0.5) is 11.4 Å². The van der Waals surface area contributed by atoms with E-state index in [1.807, 2.05) is 36.4 Å². The number of rotatable bonds is 8. The number of aryl methyl sites for hydroxylation is 2. The zero-order valence-corrected chi connectivity index (χ0v) is 66.9. The number of halogens is 2. The highest BCUT2D eigenvalue weighted by molar-refractivity contribution is 7.91. The number of carbonyl (C=O) groups excluding carboxylic acids is 4. The molecule has 108 heavy (non-hydrogen) atoms. The lowest BCUT2D eigenvalue weighted by Crippen LogP contribution is -2.56. The molecule has 4 aromatic rings. The Bertz CT molecular complexity index is 4330. The number of hydrogen-bond acceptors (Lipinski definition) is 18. The quantitative estimate of drug-likeness (QED) is 0.165. The molecule has 2 N–H and O–H groups in total. The monoisotopic (exact) mass is 1610 g/mol. The zero-order valence-electron chi connectivity index (χ0n) is 62.2. The highest BCUT2D eigenvalue weighted by Gasteiger charge is 2.49. The molecule has 6 aliphatic heterocycles. The number of sulfonamides is 2. The van der Waals surface area contributed by atoms with Gasteiger partial charge in [-0.25, -0.2) is 26.3 Å². The van der Waals surface area contributed by atoms with Crippen molar-refractivity contribution in [2.24, 2.45) is 23.7 Å². The molecule has 4 amide bonds. The van der Waals surface area contributed by atoms with Crippen molar-refractivity contribution in [3.8, 4) is 11.5 Å². The standard InChI is InChI=1S/2C38H50ClN5O8S2/c2*1-41(2)54(49,50)44-19-17-42(18-20-44)37(46)35-9-5-4-8-33(51-3)30-13-10-28(30)23-43-24-38(16-6-7-26-21-29(39)12-14-31(26)38)25-52-34-15-11-27(22-32(34)43)36(45)40-53(35,47)48/h2*4,8,11-12,14-15,21-22,28,30,33,35H,5-7,9-10,13,16-20,23-25H2,1-3H3,(H,40,45)/b2*8-4+/t28-,30+,33-,35+,38-;28-,30+,33-,35-,38-/m00/s1. The number of nitrogens with zero attached hydrogens (tertiary/aromatic N) is 8. The average molecular weight is 1610 g/mol. The van der Waals surface area contributed by atoms with Crippen molar-refractivity contribution in [1.82, 2.24) is 36.5 Å². The lowest BCUT2D eigenvalue weighted by atomic mass is 9.68. The van der Waals surface area contributed by atoms with E-state index in [0.29, 0.717) is 72.8 Å². The van der Waals surface area contributed by atoms with E-state index in [0.717, 1.165) is 84.2 Å². The fourth-order valence-electron chi connectivity index (χ4n) is 17.8. The molecule has 32 heteroatoms. The van der Waals surface area contributed by atoms with E-state index in [-0.39, 0.29) is 124 Å². The number of ether oxygens (including phenoxy) is 4. The van der Waals surface area contributed by atoms with Crippen LogP contribution in [0, 0.1) is 23.7 Å². The average Bonchev–Trinajstić information content (AvgIpc) is 1.55. The lowest BCUT2D eigenvalue weighted by molar-refractivity contribution is -0.132. The highest BCUT2D eigenvalue weighted by atomic mass is 35.5. The summed E-state index contributed by atoms with van der Waals surface area (Å²) in [5.41, 5.74) is 5.97. The number of allylic oxidation sites excluding steroid dienone is 2. The van der Waals surface area contributed by atoms with Gasteiger partial charge in [0.15, 0.2) is 10.5 Å². The van der Waals surface area contributed by atoms with Crippen LogP contribution in [0.2, 0.25) is 10.0 Å². The Labute approximate surface area is 645 Å². The molecule has 4 aliphatic carbocycles. The Hall–Kier alpha value is -6.42. The maximum absolute atomic E-state index is 14.0. The maximum Gasteiger partial charge on any atom is 0.281 e. The number of benzene rings is 4. The molecule has 4 bridgehead atoms. The number of amides is 4. The number of nitrogens with one attached hydrogen (secondary N) is 2. The Balaban J connectivity index is 0.000000190. The third kappa shape index (κ3) is 16.3. The minimum atomic E-state index is -4.53. The van der Waals surface area contributed by atoms with E-state index >= 15 is 0 Å². The second-order valence-corrected chi connectivity index (χ2v) is 39.8. The van der Waals surface area contributed by atoms with Crippen molar-refractivity contribution >= 4 is 98.7 Å². The molecular weight excluding hydrogens is 1510 g/mol. The molecule has 0 radical (unpaired) electrons. The molecule has 10 aliphatic rings. The molecule has 588 valence electrons. The normalized spacial score (nSPS) is 29.6. The molecule has 4 fully saturated rings. The van der Waals surface area contributed by atoms with E-state index in [1.165, 1.54) is 68.9 Å². The first-order valence-electron chi connectivity index (χ1n) is 37.5. The van der Waals surface area contributed by atoms with Gasteiger partial charge in [-0.15, -0.1) is 0 Å². The van der Waals surface area contributed by atoms with Crippen LogP contribution in [0.25, 0.3) is 0 Å². The van der Waals surface area contributed by atoms with E-state index in [9.17, 15) is 52.8 Å². The molecule has 14 rings (SSSR count). The van der Waals surface area contributed by atoms with Gasteiger partial charge >= 0.3 is 0 Å². The second kappa shape index (κ2) is 32.4. The molecule has 26 nitrogen and oxygen atoms in total. The first-order chi connectivity index (χ1) is 51.4. The maximum atomic E-state index is 14.0. The van der Waals surface area contributed by atoms with Crippen LogP contribution in [-0.4, -0.2) is 241 Å². The number of fused-ring (bicyclic) bond motifs is 8. The van der Waals surface area contributed by atoms with E-state index in [1.54, 1.807) is 50.6 Å². The topological polar surface area (TPSA) is 292 Å². The zero-order chi connectivity index (χ0) is 76.8. The predicted octanol–water partition coefficient (Wildman–Crippen LogP) is 7.17. The molecule has 2 saturated carbocycles. The van der Waals surface area contributed by atoms with Crippen molar-refractivity contribution < 1.29 is 71.8 Å². The van der Waals surface area contributed by atoms with E-state index in [2.05, 4.69) is 43.5 Å². The fourth-order valence-corrected chi connectivity index (χ4v) is 23.1. The van der Waals surface area contributed by atoms with Gasteiger partial charge in [-0.05, 0) is 196 Å². The smallest absolute Gasteiger partial charge is 0.281 e. The second-order valence-electron chi connectivity index (χ2n) is 30.9. The summed E-state index contributed by atoms with van der Waals surface area (Å²) in [4.78, 5) is 63.1. The fraction of sp³-hybridized carbons (Fsp3) is 0.579. The van der Waals surface area contributed by atoms with Gasteiger partial charge in [-0.3, -0.25) is 19.2 Å². The Morgan fingerprint density at radius 3 is 1.28 bits per heavy atom. The molecule has 0 aromatic heterocycles. The third-order valence-electron chi connectivity index (χ3n) is 24.1. The number of carbonyl (C=O) groups is 4. The summed E-state index contributed by atoms with van der Waals surface area (Å²) in [6, 6.07) is 22.2. The van der Waals surface area contributed by atoms with Crippen molar-refractivity contribution in [3.63, 3.8) is 0 Å². The Morgan fingerprint density at radius 1 is 0.537 bits per heavy atom. The van der Waals surface area contributed by atoms with Crippen molar-refractivity contribution in [1.29, 1.82) is 0 Å². The number of methoxy groups -OCH3 is 2. The summed E-state index contributed by atoms with van der Waals surface area (Å²) in [6.07, 6.45) is 17.3. The largest absolute Gasteiger partial charge is 0.490 e. The minimum absolute atomic E-state index is 0.0240. The first-order valence-corrected chi connectivity index (χ1v) is 44.1. The molecule has 4 aromatic carbocycles. The Morgan fingerprint density at radius 2 is 0.926 bits per heavy atom. The molecule has 10 atom stereocenters. The van der Waals surface area contributed by atoms with Gasteiger partial charge in [-0.2, -0.15) is 34.1 Å². The molecule has 2 spiro atoms. The predicted molar refractivity (Wildman–Crippen MR) is 413 cm³/mol. The number of piperazine rings is 2. The number of anilines is 2. The van der Waals surface area contributed by atoms with Gasteiger partial charge in [0.1, 0.15) is 11.5 Å². The Kier molecular flexibility index (Phi) is 23.9. The molecule has 2 saturated heterocycles. The lowest BCUT2D eigenvalue weighted by Gasteiger charge is -2.46. The van der Waals surface area contributed by atoms with Gasteiger partial charge in [0.2, 0.25) is 31.9 Å². The van der Waals surface area contributed by atoms with Crippen molar-refractivity contribution in [2.75, 3.05) is 144 Å². The van der Waals surface area contributed by atoms with Crippen LogP contribution in [0.5, 0.6) is 11.5 Å². The highest BCUT2D eigenvalue weighted by Crippen LogP contribution is 2.50. The molecular formula is C76H100Cl2N10O16S4. The molecule has 0 unspecified atom stereocenters. The number of hydrogen-bond donors (Lipinski definition) is 2. The van der Waals surface area contributed by atoms with Gasteiger partial charge in [-0.1, -0.05) is 59.6 Å². The third-order valence-corrected chi connectivity index (χ3v) is 31.8. The van der Waals surface area contributed by atoms with Crippen LogP contribution in [0.3, 0.4) is 0 Å². The van der Waals surface area contributed by atoms with E-state index < -0.39 is 74.6 Å². The SMILES string of the molecule is CO[C@H]1/C=C/CC[C@@H](C(=O)N2CCN(S(=O)(=O)N(C)C)CC2)S(=O)(=O)NC(=O)c2ccc3c(c2)N(C[C@@H]2CC[C@H]21)C[C@@]1(CCCc2cc(Cl)ccc21)CO3.CO[C@H]1/C=C/CC[C@H](C(=O)N2CCN(S(=O)(=O)N(C)C)CC2)S(=O)(=O)NC(=O)c2ccc3c(c2)N(C[C@@H]2CC[C@H]21)C[C@@]1(CCCc2cc(Cl)ccc21)CO3. The van der Waals surface area contributed by atoms with Gasteiger partial charge in [0, 0.05) is 153 Å². The van der Waals surface area contributed by atoms with Crippen LogP contribution < -0.4 is 28.7 Å². The van der Waals surface area contributed by atoms with Crippen LogP contribution in [0.15, 0.2) is 97.1 Å². The van der Waals surface area contributed by atoms with Crippen LogP contribution in [-0.2, 0) is 83.2 Å². The summed E-state index contributed by atoms with van der Waals surface area (Å²) < 4.78 is 141. The van der Waals surface area contributed by atoms with E-state index in [4.69, 9.17) is 42.1 Å².